The molecule has 166 valence electrons. The van der Waals surface area contributed by atoms with Gasteiger partial charge < -0.3 is 20.2 Å². The number of likely N-dealkylation sites (N-methyl/N-ethyl adjacent to an activating group) is 1. The summed E-state index contributed by atoms with van der Waals surface area (Å²) in [5.74, 6) is -4.49. The summed E-state index contributed by atoms with van der Waals surface area (Å²) < 4.78 is 14.7. The molecule has 1 aromatic carbocycles. The number of hydrogen-bond acceptors (Lipinski definition) is 7. The van der Waals surface area contributed by atoms with Gasteiger partial charge in [-0.25, -0.2) is 4.39 Å². The number of Topliss-reactive ketones (excluding diaryl/α,β-unsaturated/α-hetero) is 2. The van der Waals surface area contributed by atoms with E-state index in [9.17, 15) is 29.3 Å². The summed E-state index contributed by atoms with van der Waals surface area (Å²) in [5.41, 5.74) is -1.27. The lowest BCUT2D eigenvalue weighted by Crippen LogP contribution is -2.64. The molecule has 8 heteroatoms. The number of carbonyl (C=O) groups is 2. The maximum atomic E-state index is 14.7. The summed E-state index contributed by atoms with van der Waals surface area (Å²) in [5, 5.41) is 33.2. The minimum Gasteiger partial charge on any atom is -0.508 e. The van der Waals surface area contributed by atoms with Gasteiger partial charge in [0.2, 0.25) is 5.78 Å². The first-order valence-electron chi connectivity index (χ1n) is 10.2. The van der Waals surface area contributed by atoms with Gasteiger partial charge in [0, 0.05) is 36.8 Å². The average Bonchev–Trinajstić information content (AvgIpc) is 2.68. The molecule has 0 saturated heterocycles. The summed E-state index contributed by atoms with van der Waals surface area (Å²) in [4.78, 5) is 29.9. The van der Waals surface area contributed by atoms with E-state index < -0.39 is 46.6 Å². The molecule has 1 saturated carbocycles. The quantitative estimate of drug-likeness (QED) is 0.660. The Kier molecular flexibility index (Phi) is 4.79. The summed E-state index contributed by atoms with van der Waals surface area (Å²) >= 11 is 0. The highest BCUT2D eigenvalue weighted by molar-refractivity contribution is 6.14. The second-order valence-corrected chi connectivity index (χ2v) is 9.16. The minimum atomic E-state index is -2.35. The van der Waals surface area contributed by atoms with Gasteiger partial charge >= 0.3 is 0 Å². The summed E-state index contributed by atoms with van der Waals surface area (Å²) in [6.07, 6.45) is 0.451. The van der Waals surface area contributed by atoms with Crippen LogP contribution < -0.4 is 4.90 Å². The first-order chi connectivity index (χ1) is 14.4. The van der Waals surface area contributed by atoms with E-state index in [4.69, 9.17) is 0 Å². The topological polar surface area (TPSA) is 101 Å². The number of hydrogen-bond donors (Lipinski definition) is 3. The Morgan fingerprint density at radius 2 is 1.77 bits per heavy atom. The highest BCUT2D eigenvalue weighted by Crippen LogP contribution is 2.52. The number of benzene rings is 1. The van der Waals surface area contributed by atoms with Gasteiger partial charge in [-0.15, -0.1) is 0 Å². The molecule has 7 nitrogen and oxygen atoms in total. The standard InChI is InChI=1S/C23H27FN2O5/c1-10-19(27)18(26(4)5)13-9-11-8-12-15(25(2)3)7-6-14(24)17(12)20(28)16(11)22(30)23(13,31)21(10)29/h6-7,11,13,18,28-29,31H,8-9H2,1-5H3/t11-,13-,18-,23+/m0/s1. The Hall–Kier alpha value is -2.71. The predicted molar refractivity (Wildman–Crippen MR) is 113 cm³/mol. The molecule has 4 atom stereocenters. The molecular formula is C23H27FN2O5. The van der Waals surface area contributed by atoms with Crippen molar-refractivity contribution in [3.8, 4) is 0 Å². The number of anilines is 1. The fourth-order valence-corrected chi connectivity index (χ4v) is 5.55. The molecule has 0 aliphatic heterocycles. The van der Waals surface area contributed by atoms with Gasteiger partial charge in [0.15, 0.2) is 11.4 Å². The molecule has 0 spiro atoms. The van der Waals surface area contributed by atoms with Gasteiger partial charge in [0.25, 0.3) is 0 Å². The van der Waals surface area contributed by atoms with E-state index in [1.807, 2.05) is 19.0 Å². The Bertz CT molecular complexity index is 1070. The number of aliphatic hydroxyl groups excluding tert-OH is 2. The Labute approximate surface area is 180 Å². The number of nitrogens with zero attached hydrogens (tertiary/aromatic N) is 2. The van der Waals surface area contributed by atoms with Crippen LogP contribution in [0.2, 0.25) is 0 Å². The van der Waals surface area contributed by atoms with Crippen molar-refractivity contribution < 1.29 is 29.3 Å². The summed E-state index contributed by atoms with van der Waals surface area (Å²) in [6, 6.07) is 2.05. The smallest absolute Gasteiger partial charge is 0.202 e. The van der Waals surface area contributed by atoms with Crippen molar-refractivity contribution in [2.75, 3.05) is 33.1 Å². The molecule has 3 aliphatic rings. The maximum absolute atomic E-state index is 14.7. The van der Waals surface area contributed by atoms with Crippen molar-refractivity contribution in [2.24, 2.45) is 11.8 Å². The van der Waals surface area contributed by atoms with Crippen molar-refractivity contribution in [3.05, 3.63) is 46.0 Å². The van der Waals surface area contributed by atoms with E-state index in [2.05, 4.69) is 0 Å². The third kappa shape index (κ3) is 2.71. The van der Waals surface area contributed by atoms with Crippen LogP contribution in [0.15, 0.2) is 29.0 Å². The first-order valence-corrected chi connectivity index (χ1v) is 10.2. The van der Waals surface area contributed by atoms with E-state index in [-0.39, 0.29) is 35.3 Å². The summed E-state index contributed by atoms with van der Waals surface area (Å²) in [6.45, 7) is 1.37. The zero-order chi connectivity index (χ0) is 23.0. The molecule has 0 radical (unpaired) electrons. The second-order valence-electron chi connectivity index (χ2n) is 9.16. The highest BCUT2D eigenvalue weighted by atomic mass is 19.1. The molecular weight excluding hydrogens is 403 g/mol. The van der Waals surface area contributed by atoms with Gasteiger partial charge in [-0.1, -0.05) is 0 Å². The van der Waals surface area contributed by atoms with Gasteiger partial charge in [0.1, 0.15) is 17.3 Å². The Morgan fingerprint density at radius 1 is 1.13 bits per heavy atom. The number of carbonyl (C=O) groups excluding carboxylic acids is 2. The molecule has 1 fully saturated rings. The van der Waals surface area contributed by atoms with Crippen LogP contribution in [0.3, 0.4) is 0 Å². The van der Waals surface area contributed by atoms with Crippen LogP contribution in [-0.2, 0) is 16.0 Å². The molecule has 0 unspecified atom stereocenters. The van der Waals surface area contributed by atoms with E-state index in [0.29, 0.717) is 5.56 Å². The number of rotatable bonds is 2. The molecule has 3 aliphatic carbocycles. The van der Waals surface area contributed by atoms with Crippen LogP contribution in [0.4, 0.5) is 10.1 Å². The highest BCUT2D eigenvalue weighted by Gasteiger charge is 2.62. The third-order valence-corrected chi connectivity index (χ3v) is 7.03. The van der Waals surface area contributed by atoms with E-state index in [1.165, 1.54) is 13.0 Å². The molecule has 0 amide bonds. The fourth-order valence-electron chi connectivity index (χ4n) is 5.55. The monoisotopic (exact) mass is 430 g/mol. The van der Waals surface area contributed by atoms with Gasteiger partial charge in [-0.3, -0.25) is 14.5 Å². The van der Waals surface area contributed by atoms with E-state index >= 15 is 0 Å². The third-order valence-electron chi connectivity index (χ3n) is 7.03. The lowest BCUT2D eigenvalue weighted by atomic mass is 9.57. The van der Waals surface area contributed by atoms with Gasteiger partial charge in [-0.2, -0.15) is 0 Å². The lowest BCUT2D eigenvalue weighted by molar-refractivity contribution is -0.153. The number of aliphatic hydroxyl groups is 3. The Morgan fingerprint density at radius 3 is 2.35 bits per heavy atom. The second kappa shape index (κ2) is 6.90. The van der Waals surface area contributed by atoms with Crippen LogP contribution in [0.1, 0.15) is 24.5 Å². The molecule has 3 N–H and O–H groups in total. The molecule has 0 heterocycles. The normalized spacial score (nSPS) is 30.4. The number of fused-ring (bicyclic) bond motifs is 3. The average molecular weight is 430 g/mol. The lowest BCUT2D eigenvalue weighted by Gasteiger charge is -2.50. The maximum Gasteiger partial charge on any atom is 0.202 e. The fraction of sp³-hybridized carbons (Fsp3) is 0.478. The predicted octanol–water partition coefficient (Wildman–Crippen LogP) is 2.00. The number of ketones is 2. The molecule has 0 aromatic heterocycles. The van der Waals surface area contributed by atoms with Crippen LogP contribution in [0.25, 0.3) is 5.76 Å². The van der Waals surface area contributed by atoms with Crippen molar-refractivity contribution in [3.63, 3.8) is 0 Å². The van der Waals surface area contributed by atoms with Crippen molar-refractivity contribution in [2.45, 2.75) is 31.4 Å². The van der Waals surface area contributed by atoms with Crippen molar-refractivity contribution >= 4 is 23.0 Å². The minimum absolute atomic E-state index is 0.0518. The van der Waals surface area contributed by atoms with Crippen LogP contribution >= 0.6 is 0 Å². The molecule has 0 bridgehead atoms. The van der Waals surface area contributed by atoms with E-state index in [0.717, 1.165) is 5.69 Å². The van der Waals surface area contributed by atoms with Crippen LogP contribution in [0.5, 0.6) is 0 Å². The van der Waals surface area contributed by atoms with Crippen molar-refractivity contribution in [1.29, 1.82) is 0 Å². The van der Waals surface area contributed by atoms with E-state index in [1.54, 1.807) is 25.1 Å². The van der Waals surface area contributed by atoms with Crippen LogP contribution in [0, 0.1) is 17.7 Å². The SMILES string of the molecule is CC1=C(O)[C@@]2(O)C(=O)C3=C(O)c4c(F)ccc(N(C)C)c4C[C@H]3C[C@H]2[C@H](N(C)C)C1=O. The first kappa shape index (κ1) is 21.5. The molecule has 4 rings (SSSR count). The summed E-state index contributed by atoms with van der Waals surface area (Å²) in [7, 11) is 6.98. The zero-order valence-corrected chi connectivity index (χ0v) is 18.2. The Balaban J connectivity index is 1.96. The van der Waals surface area contributed by atoms with Crippen molar-refractivity contribution in [1.82, 2.24) is 4.90 Å². The largest absolute Gasteiger partial charge is 0.508 e. The van der Waals surface area contributed by atoms with Gasteiger partial charge in [-0.05, 0) is 57.5 Å². The van der Waals surface area contributed by atoms with Crippen LogP contribution in [-0.4, -0.2) is 71.6 Å². The van der Waals surface area contributed by atoms with Gasteiger partial charge in [0.05, 0.1) is 11.6 Å². The molecule has 31 heavy (non-hydrogen) atoms. The molecule has 1 aromatic rings. The number of halogens is 1. The zero-order valence-electron chi connectivity index (χ0n) is 18.2.